The minimum absolute atomic E-state index is 0.0331. The van der Waals surface area contributed by atoms with Gasteiger partial charge in [0.2, 0.25) is 65.0 Å². The molecule has 0 spiro atoms. The Bertz CT molecular complexity index is 2470. The first-order valence-corrected chi connectivity index (χ1v) is 30.0. The van der Waals surface area contributed by atoms with Crippen molar-refractivity contribution in [2.45, 2.75) is 192 Å². The van der Waals surface area contributed by atoms with Crippen LogP contribution in [0.5, 0.6) is 0 Å². The Labute approximate surface area is 513 Å². The number of unbranched alkanes of at least 4 members (excludes halogenated alkanes) is 1. The lowest BCUT2D eigenvalue weighted by Crippen LogP contribution is -2.62. The highest BCUT2D eigenvalue weighted by Gasteiger charge is 2.39. The number of nitrogens with two attached hydrogens (primary N) is 5. The Morgan fingerprint density at radius 3 is 1.60 bits per heavy atom. The first-order valence-electron chi connectivity index (χ1n) is 30.0. The molecule has 496 valence electrons. The molecule has 31 heteroatoms. The van der Waals surface area contributed by atoms with Gasteiger partial charge in [0.1, 0.15) is 60.4 Å². The van der Waals surface area contributed by atoms with Crippen molar-refractivity contribution in [1.29, 1.82) is 0 Å². The number of rotatable bonds is 29. The van der Waals surface area contributed by atoms with Crippen LogP contribution in [0.4, 0.5) is 0 Å². The van der Waals surface area contributed by atoms with Gasteiger partial charge < -0.3 is 102 Å². The zero-order valence-electron chi connectivity index (χ0n) is 51.7. The van der Waals surface area contributed by atoms with Crippen molar-refractivity contribution in [3.63, 3.8) is 0 Å². The summed E-state index contributed by atoms with van der Waals surface area (Å²) in [5, 5.41) is 49.4. The predicted molar refractivity (Wildman–Crippen MR) is 323 cm³/mol. The van der Waals surface area contributed by atoms with Gasteiger partial charge in [0.15, 0.2) is 0 Å². The maximum absolute atomic E-state index is 14.6. The second-order valence-electron chi connectivity index (χ2n) is 22.8. The van der Waals surface area contributed by atoms with E-state index in [4.69, 9.17) is 33.4 Å². The zero-order chi connectivity index (χ0) is 66.3. The van der Waals surface area contributed by atoms with Crippen molar-refractivity contribution < 1.29 is 72.5 Å². The van der Waals surface area contributed by atoms with Gasteiger partial charge in [-0.15, -0.1) is 0 Å². The molecule has 1 unspecified atom stereocenters. The van der Waals surface area contributed by atoms with Crippen LogP contribution in [-0.2, 0) is 68.7 Å². The number of aliphatic hydroxyl groups is 2. The highest BCUT2D eigenvalue weighted by Crippen LogP contribution is 2.23. The van der Waals surface area contributed by atoms with Crippen molar-refractivity contribution in [3.05, 3.63) is 35.9 Å². The Kier molecular flexibility index (Phi) is 34.4. The number of aliphatic hydroxyl groups excluding tert-OH is 2. The molecular formula is C57H98N16O15. The molecule has 2 rings (SSSR count). The summed E-state index contributed by atoms with van der Waals surface area (Å²) in [6.45, 7) is 9.58. The quantitative estimate of drug-likeness (QED) is 0.0262. The highest BCUT2D eigenvalue weighted by molar-refractivity contribution is 5.99. The summed E-state index contributed by atoms with van der Waals surface area (Å²) in [6, 6.07) is -6.74. The minimum Gasteiger partial charge on any atom is -0.465 e. The van der Waals surface area contributed by atoms with E-state index in [1.54, 1.807) is 44.2 Å². The van der Waals surface area contributed by atoms with E-state index in [1.807, 2.05) is 6.92 Å². The number of hydrogen-bond acceptors (Lipinski definition) is 20. The minimum atomic E-state index is -1.79. The summed E-state index contributed by atoms with van der Waals surface area (Å²) in [4.78, 5) is 167. The third-order valence-electron chi connectivity index (χ3n) is 14.1. The highest BCUT2D eigenvalue weighted by atomic mass is 16.5. The normalized spacial score (nSPS) is 22.3. The van der Waals surface area contributed by atoms with Crippen molar-refractivity contribution in [3.8, 4) is 0 Å². The maximum Gasteiger partial charge on any atom is 0.312 e. The molecular weight excluding hydrogens is 1150 g/mol. The Morgan fingerprint density at radius 1 is 0.614 bits per heavy atom. The van der Waals surface area contributed by atoms with Crippen LogP contribution in [0.15, 0.2) is 30.3 Å². The molecule has 0 bridgehead atoms. The molecule has 1 heterocycles. The van der Waals surface area contributed by atoms with Gasteiger partial charge >= 0.3 is 5.97 Å². The summed E-state index contributed by atoms with van der Waals surface area (Å²) in [5.41, 5.74) is 28.6. The monoisotopic (exact) mass is 1250 g/mol. The third kappa shape index (κ3) is 26.5. The average Bonchev–Trinajstić information content (AvgIpc) is 3.65. The summed E-state index contributed by atoms with van der Waals surface area (Å²) >= 11 is 0. The number of hydrogen-bond donors (Lipinski definition) is 18. The standard InChI is InChI=1S/C57H98N16O15/c1-8-9-27-88-56(87)57(6,7)30-43(76)64-35(15-21-58)50(81)73-45(33(5)75)55(86)69-38(18-24-61)47(78)68-40-20-26-63-54(85)44(32(4)74)72-51(82)39(19-25-62)66-46(77)36(16-22-59)67-52(83)41(28-31(2)3)70-53(84)42(29-34-13-11-10-12-14-34)71-48(79)37(17-23-60)65-49(40)80/h10-14,31-33,35-42,44-45,74-75H,8-9,15-30,58-62H2,1-7H3,(H,63,85)(H,64,76)(H,65,80)(H,66,77)(H,67,83)(H,68,78)(H,69,86)(H,70,84)(H,71,79)(H,72,82)(H,73,81)/t32-,33?,35-,36-,37-,38-,39-,40-,41-,42+,44-,45-/m0/s1. The molecule has 23 N–H and O–H groups in total. The van der Waals surface area contributed by atoms with Crippen LogP contribution >= 0.6 is 0 Å². The largest absolute Gasteiger partial charge is 0.465 e. The first-order chi connectivity index (χ1) is 41.6. The SMILES string of the molecule is CCCCOC(=O)C(C)(C)CC(=O)N[C@@H](CCN)C(=O)N[C@H](C(=O)N[C@@H](CCN)C(=O)N[C@H]1CCNC(=O)[C@H]([C@H](C)O)NC(=O)[C@H](CCN)NC(=O)[C@H](CCN)NC(=O)[C@H](CC(C)C)NC(=O)[C@@H](Cc2ccccc2)NC(=O)[C@H](CCN)NC1=O)C(C)O. The van der Waals surface area contributed by atoms with E-state index in [0.29, 0.717) is 12.0 Å². The zero-order valence-corrected chi connectivity index (χ0v) is 51.7. The van der Waals surface area contributed by atoms with Gasteiger partial charge in [-0.25, -0.2) is 0 Å². The van der Waals surface area contributed by atoms with Gasteiger partial charge in [-0.3, -0.25) is 57.5 Å². The topological polar surface area (TPSA) is 517 Å². The van der Waals surface area contributed by atoms with Crippen LogP contribution in [0.3, 0.4) is 0 Å². The number of nitrogens with one attached hydrogen (secondary N) is 11. The fraction of sp³-hybridized carbons (Fsp3) is 0.684. The molecule has 88 heavy (non-hydrogen) atoms. The lowest BCUT2D eigenvalue weighted by Gasteiger charge is -2.29. The van der Waals surface area contributed by atoms with E-state index in [0.717, 1.165) is 13.3 Å². The Balaban J connectivity index is 2.68. The molecule has 31 nitrogen and oxygen atoms in total. The Morgan fingerprint density at radius 2 is 1.10 bits per heavy atom. The lowest BCUT2D eigenvalue weighted by molar-refractivity contribution is -0.156. The first kappa shape index (κ1) is 76.7. The summed E-state index contributed by atoms with van der Waals surface area (Å²) in [6.07, 6.45) is -3.87. The lowest BCUT2D eigenvalue weighted by atomic mass is 9.89. The number of esters is 1. The number of benzene rings is 1. The second-order valence-corrected chi connectivity index (χ2v) is 22.8. The molecule has 0 aliphatic carbocycles. The smallest absolute Gasteiger partial charge is 0.312 e. The molecule has 1 aliphatic rings. The van der Waals surface area contributed by atoms with E-state index in [1.165, 1.54) is 20.8 Å². The van der Waals surface area contributed by atoms with Crippen LogP contribution in [0, 0.1) is 11.3 Å². The Hall–Kier alpha value is -7.42. The van der Waals surface area contributed by atoms with Crippen molar-refractivity contribution in [1.82, 2.24) is 58.5 Å². The molecule has 1 aromatic rings. The summed E-state index contributed by atoms with van der Waals surface area (Å²) in [7, 11) is 0. The third-order valence-corrected chi connectivity index (χ3v) is 14.1. The predicted octanol–water partition coefficient (Wildman–Crippen LogP) is -6.09. The maximum atomic E-state index is 14.6. The van der Waals surface area contributed by atoms with E-state index < -0.39 is 162 Å². The molecule has 11 amide bonds. The van der Waals surface area contributed by atoms with E-state index in [2.05, 4.69) is 58.5 Å². The van der Waals surface area contributed by atoms with Crippen molar-refractivity contribution >= 4 is 70.9 Å². The van der Waals surface area contributed by atoms with Gasteiger partial charge in [0.25, 0.3) is 0 Å². The molecule has 1 aliphatic heterocycles. The number of ether oxygens (including phenoxy) is 1. The molecule has 12 atom stereocenters. The van der Waals surface area contributed by atoms with Gasteiger partial charge in [-0.1, -0.05) is 57.5 Å². The fourth-order valence-electron chi connectivity index (χ4n) is 9.09. The molecule has 1 fully saturated rings. The van der Waals surface area contributed by atoms with Crippen LogP contribution in [-0.4, -0.2) is 200 Å². The second kappa shape index (κ2) is 39.5. The van der Waals surface area contributed by atoms with Crippen LogP contribution in [0.2, 0.25) is 0 Å². The number of carbonyl (C=O) groups excluding carboxylic acids is 12. The van der Waals surface area contributed by atoms with Crippen LogP contribution in [0.25, 0.3) is 0 Å². The molecule has 0 saturated carbocycles. The average molecular weight is 1250 g/mol. The van der Waals surface area contributed by atoms with Crippen LogP contribution < -0.4 is 87.2 Å². The van der Waals surface area contributed by atoms with Gasteiger partial charge in [0.05, 0.1) is 24.2 Å². The fourth-order valence-corrected chi connectivity index (χ4v) is 9.09. The van der Waals surface area contributed by atoms with Gasteiger partial charge in [-0.2, -0.15) is 0 Å². The van der Waals surface area contributed by atoms with Gasteiger partial charge in [-0.05, 0) is 123 Å². The molecule has 1 saturated heterocycles. The van der Waals surface area contributed by atoms with Crippen molar-refractivity contribution in [2.75, 3.05) is 45.9 Å². The van der Waals surface area contributed by atoms with E-state index in [-0.39, 0.29) is 96.6 Å². The van der Waals surface area contributed by atoms with E-state index in [9.17, 15) is 67.7 Å². The van der Waals surface area contributed by atoms with Gasteiger partial charge in [0, 0.05) is 19.4 Å². The number of carbonyl (C=O) groups is 12. The van der Waals surface area contributed by atoms with Crippen LogP contribution in [0.1, 0.15) is 118 Å². The van der Waals surface area contributed by atoms with Crippen molar-refractivity contribution in [2.24, 2.45) is 40.0 Å². The number of amides is 11. The van der Waals surface area contributed by atoms with E-state index >= 15 is 0 Å². The summed E-state index contributed by atoms with van der Waals surface area (Å²) in [5.74, 6) is -11.2. The summed E-state index contributed by atoms with van der Waals surface area (Å²) < 4.78 is 5.29. The molecule has 0 radical (unpaired) electrons. The molecule has 1 aromatic carbocycles. The molecule has 0 aromatic heterocycles.